The van der Waals surface area contributed by atoms with Crippen molar-refractivity contribution in [2.45, 2.75) is 32.4 Å². The Kier molecular flexibility index (Phi) is 3.50. The number of aryl methyl sites for hydroxylation is 1. The zero-order valence-corrected chi connectivity index (χ0v) is 11.6. The summed E-state index contributed by atoms with van der Waals surface area (Å²) in [5, 5.41) is 0. The van der Waals surface area contributed by atoms with Crippen LogP contribution in [0.25, 0.3) is 0 Å². The second-order valence-corrected chi connectivity index (χ2v) is 5.33. The molecule has 20 heavy (non-hydrogen) atoms. The van der Waals surface area contributed by atoms with E-state index in [0.717, 1.165) is 12.8 Å². The van der Waals surface area contributed by atoms with Gasteiger partial charge in [-0.25, -0.2) is 0 Å². The van der Waals surface area contributed by atoms with Gasteiger partial charge in [-0.05, 0) is 43.0 Å². The van der Waals surface area contributed by atoms with Crippen molar-refractivity contribution in [3.63, 3.8) is 0 Å². The highest BCUT2D eigenvalue weighted by Crippen LogP contribution is 2.30. The molecule has 3 heteroatoms. The van der Waals surface area contributed by atoms with Gasteiger partial charge in [0.15, 0.2) is 0 Å². The van der Waals surface area contributed by atoms with E-state index in [1.165, 1.54) is 11.1 Å². The number of pyridine rings is 1. The van der Waals surface area contributed by atoms with Crippen molar-refractivity contribution in [2.24, 2.45) is 0 Å². The lowest BCUT2D eigenvalue weighted by atomic mass is 10.1. The predicted octanol–water partition coefficient (Wildman–Crippen LogP) is 3.19. The molecule has 1 amide bonds. The average Bonchev–Trinajstić information content (AvgIpc) is 3.31. The van der Waals surface area contributed by atoms with Gasteiger partial charge in [-0.15, -0.1) is 0 Å². The SMILES string of the molecule is Cc1ccccc1CN(C(=O)c1cccnc1)C1CC1. The summed E-state index contributed by atoms with van der Waals surface area (Å²) in [7, 11) is 0. The van der Waals surface area contributed by atoms with Crippen molar-refractivity contribution in [3.05, 3.63) is 65.5 Å². The summed E-state index contributed by atoms with van der Waals surface area (Å²) in [5.74, 6) is 0.0869. The smallest absolute Gasteiger partial charge is 0.255 e. The van der Waals surface area contributed by atoms with Crippen molar-refractivity contribution in [1.29, 1.82) is 0 Å². The third kappa shape index (κ3) is 2.72. The summed E-state index contributed by atoms with van der Waals surface area (Å²) in [6, 6.07) is 12.3. The maximum Gasteiger partial charge on any atom is 0.255 e. The molecular weight excluding hydrogens is 248 g/mol. The fraction of sp³-hybridized carbons (Fsp3) is 0.294. The van der Waals surface area contributed by atoms with Gasteiger partial charge in [0.1, 0.15) is 0 Å². The highest BCUT2D eigenvalue weighted by atomic mass is 16.2. The first-order valence-electron chi connectivity index (χ1n) is 7.01. The maximum absolute atomic E-state index is 12.6. The van der Waals surface area contributed by atoms with E-state index in [2.05, 4.69) is 24.0 Å². The zero-order chi connectivity index (χ0) is 13.9. The van der Waals surface area contributed by atoms with Gasteiger partial charge in [-0.2, -0.15) is 0 Å². The van der Waals surface area contributed by atoms with Crippen LogP contribution in [0.5, 0.6) is 0 Å². The van der Waals surface area contributed by atoms with Gasteiger partial charge in [0.25, 0.3) is 5.91 Å². The minimum absolute atomic E-state index is 0.0869. The van der Waals surface area contributed by atoms with E-state index in [9.17, 15) is 4.79 Å². The Balaban J connectivity index is 1.83. The summed E-state index contributed by atoms with van der Waals surface area (Å²) in [5.41, 5.74) is 3.13. The Hall–Kier alpha value is -2.16. The molecule has 1 saturated carbocycles. The van der Waals surface area contributed by atoms with Crippen LogP contribution in [0.4, 0.5) is 0 Å². The molecule has 1 aromatic heterocycles. The number of hydrogen-bond donors (Lipinski definition) is 0. The van der Waals surface area contributed by atoms with Gasteiger partial charge in [-0.1, -0.05) is 24.3 Å². The number of rotatable bonds is 4. The molecule has 0 spiro atoms. The predicted molar refractivity (Wildman–Crippen MR) is 78.3 cm³/mol. The number of carbonyl (C=O) groups excluding carboxylic acids is 1. The van der Waals surface area contributed by atoms with Gasteiger partial charge < -0.3 is 4.90 Å². The largest absolute Gasteiger partial charge is 0.331 e. The molecule has 102 valence electrons. The number of aromatic nitrogens is 1. The Morgan fingerprint density at radius 2 is 2.05 bits per heavy atom. The lowest BCUT2D eigenvalue weighted by Crippen LogP contribution is -2.32. The second kappa shape index (κ2) is 5.45. The van der Waals surface area contributed by atoms with E-state index in [0.29, 0.717) is 18.2 Å². The summed E-state index contributed by atoms with van der Waals surface area (Å²) >= 11 is 0. The van der Waals surface area contributed by atoms with Gasteiger partial charge >= 0.3 is 0 Å². The molecule has 0 radical (unpaired) electrons. The molecule has 1 fully saturated rings. The van der Waals surface area contributed by atoms with Crippen molar-refractivity contribution >= 4 is 5.91 Å². The normalized spacial score (nSPS) is 14.1. The van der Waals surface area contributed by atoms with Crippen LogP contribution in [-0.2, 0) is 6.54 Å². The topological polar surface area (TPSA) is 33.2 Å². The standard InChI is InChI=1S/C17H18N2O/c1-13-5-2-3-6-15(13)12-19(16-8-9-16)17(20)14-7-4-10-18-11-14/h2-7,10-11,16H,8-9,12H2,1H3. The van der Waals surface area contributed by atoms with E-state index >= 15 is 0 Å². The number of nitrogens with zero attached hydrogens (tertiary/aromatic N) is 2. The van der Waals surface area contributed by atoms with Crippen LogP contribution in [0.1, 0.15) is 34.3 Å². The van der Waals surface area contributed by atoms with E-state index in [4.69, 9.17) is 0 Å². The summed E-state index contributed by atoms with van der Waals surface area (Å²) < 4.78 is 0. The van der Waals surface area contributed by atoms with Crippen molar-refractivity contribution in [2.75, 3.05) is 0 Å². The van der Waals surface area contributed by atoms with Crippen LogP contribution >= 0.6 is 0 Å². The molecule has 1 aliphatic rings. The van der Waals surface area contributed by atoms with Crippen LogP contribution in [0.15, 0.2) is 48.8 Å². The third-order valence-electron chi connectivity index (χ3n) is 3.76. The average molecular weight is 266 g/mol. The first kappa shape index (κ1) is 12.9. The van der Waals surface area contributed by atoms with Crippen LogP contribution in [0, 0.1) is 6.92 Å². The summed E-state index contributed by atoms with van der Waals surface area (Å²) in [6.07, 6.45) is 5.56. The molecule has 0 N–H and O–H groups in total. The number of carbonyl (C=O) groups is 1. The molecule has 0 bridgehead atoms. The van der Waals surface area contributed by atoms with Crippen molar-refractivity contribution < 1.29 is 4.79 Å². The van der Waals surface area contributed by atoms with E-state index < -0.39 is 0 Å². The Labute approximate surface area is 119 Å². The minimum Gasteiger partial charge on any atom is -0.331 e. The highest BCUT2D eigenvalue weighted by molar-refractivity contribution is 5.94. The van der Waals surface area contributed by atoms with Gasteiger partial charge in [0, 0.05) is 25.0 Å². The van der Waals surface area contributed by atoms with Gasteiger partial charge in [-0.3, -0.25) is 9.78 Å². The molecule has 0 unspecified atom stereocenters. The fourth-order valence-electron chi connectivity index (χ4n) is 2.38. The molecule has 1 aromatic carbocycles. The summed E-state index contributed by atoms with van der Waals surface area (Å²) in [6.45, 7) is 2.78. The van der Waals surface area contributed by atoms with Crippen molar-refractivity contribution in [1.82, 2.24) is 9.88 Å². The van der Waals surface area contributed by atoms with Crippen LogP contribution in [0.3, 0.4) is 0 Å². The Morgan fingerprint density at radius 3 is 2.70 bits per heavy atom. The highest BCUT2D eigenvalue weighted by Gasteiger charge is 2.33. The summed E-state index contributed by atoms with van der Waals surface area (Å²) in [4.78, 5) is 18.7. The van der Waals surface area contributed by atoms with Crippen LogP contribution < -0.4 is 0 Å². The quantitative estimate of drug-likeness (QED) is 0.851. The lowest BCUT2D eigenvalue weighted by molar-refractivity contribution is 0.0729. The molecule has 0 atom stereocenters. The van der Waals surface area contributed by atoms with E-state index in [1.54, 1.807) is 12.4 Å². The zero-order valence-electron chi connectivity index (χ0n) is 11.6. The van der Waals surface area contributed by atoms with Crippen molar-refractivity contribution in [3.8, 4) is 0 Å². The molecule has 3 rings (SSSR count). The minimum atomic E-state index is 0.0869. The Bertz CT molecular complexity index is 605. The number of amides is 1. The van der Waals surface area contributed by atoms with Gasteiger partial charge in [0.2, 0.25) is 0 Å². The monoisotopic (exact) mass is 266 g/mol. The first-order chi connectivity index (χ1) is 9.75. The van der Waals surface area contributed by atoms with E-state index in [1.807, 2.05) is 29.2 Å². The first-order valence-corrected chi connectivity index (χ1v) is 7.01. The molecular formula is C17H18N2O. The van der Waals surface area contributed by atoms with Crippen LogP contribution in [0.2, 0.25) is 0 Å². The molecule has 3 nitrogen and oxygen atoms in total. The molecule has 1 heterocycles. The van der Waals surface area contributed by atoms with E-state index in [-0.39, 0.29) is 5.91 Å². The molecule has 2 aromatic rings. The third-order valence-corrected chi connectivity index (χ3v) is 3.76. The fourth-order valence-corrected chi connectivity index (χ4v) is 2.38. The second-order valence-electron chi connectivity index (χ2n) is 5.33. The van der Waals surface area contributed by atoms with Gasteiger partial charge in [0.05, 0.1) is 5.56 Å². The molecule has 0 aliphatic heterocycles. The number of benzene rings is 1. The lowest BCUT2D eigenvalue weighted by Gasteiger charge is -2.23. The Morgan fingerprint density at radius 1 is 1.25 bits per heavy atom. The molecule has 0 saturated heterocycles. The molecule has 1 aliphatic carbocycles. The van der Waals surface area contributed by atoms with Crippen LogP contribution in [-0.4, -0.2) is 21.8 Å². The maximum atomic E-state index is 12.6. The number of hydrogen-bond acceptors (Lipinski definition) is 2.